The van der Waals surface area contributed by atoms with E-state index in [1.54, 1.807) is 18.2 Å². The number of anilines is 1. The number of sulfonamides is 1. The van der Waals surface area contributed by atoms with E-state index in [1.165, 1.54) is 37.1 Å². The van der Waals surface area contributed by atoms with Crippen LogP contribution < -0.4 is 10.3 Å². The second-order valence-corrected chi connectivity index (χ2v) is 11.2. The minimum atomic E-state index is -3.88. The molecular weight excluding hydrogens is 488 g/mol. The highest BCUT2D eigenvalue weighted by Gasteiger charge is 2.26. The SMILES string of the molecule is CCC(c1cccc(NS(=O)(=O)c2ccc(C#N)cc2)c1)c1c(O)c2c(oc1=O)CCCCCCCC2. The van der Waals surface area contributed by atoms with Crippen LogP contribution >= 0.6 is 0 Å². The summed E-state index contributed by atoms with van der Waals surface area (Å²) in [6.45, 7) is 1.92. The predicted molar refractivity (Wildman–Crippen MR) is 142 cm³/mol. The zero-order valence-electron chi connectivity index (χ0n) is 21.0. The number of aromatic hydroxyl groups is 1. The molecule has 3 aromatic rings. The van der Waals surface area contributed by atoms with E-state index >= 15 is 0 Å². The minimum absolute atomic E-state index is 0.0160. The number of fused-ring (bicyclic) bond motifs is 1. The lowest BCUT2D eigenvalue weighted by Crippen LogP contribution is -2.18. The Morgan fingerprint density at radius 1 is 1.03 bits per heavy atom. The van der Waals surface area contributed by atoms with E-state index in [1.807, 2.05) is 19.1 Å². The van der Waals surface area contributed by atoms with E-state index < -0.39 is 21.6 Å². The fourth-order valence-electron chi connectivity index (χ4n) is 5.03. The molecule has 1 aliphatic rings. The summed E-state index contributed by atoms with van der Waals surface area (Å²) >= 11 is 0. The number of nitriles is 1. The number of rotatable bonds is 6. The highest BCUT2D eigenvalue weighted by atomic mass is 32.2. The molecule has 0 radical (unpaired) electrons. The Morgan fingerprint density at radius 2 is 1.70 bits per heavy atom. The Morgan fingerprint density at radius 3 is 2.38 bits per heavy atom. The van der Waals surface area contributed by atoms with Gasteiger partial charge in [0.2, 0.25) is 0 Å². The maximum atomic E-state index is 13.1. The Labute approximate surface area is 217 Å². The molecule has 1 aliphatic carbocycles. The molecule has 4 rings (SSSR count). The molecule has 0 amide bonds. The van der Waals surface area contributed by atoms with E-state index in [-0.39, 0.29) is 16.2 Å². The largest absolute Gasteiger partial charge is 0.507 e. The first-order valence-corrected chi connectivity index (χ1v) is 14.3. The van der Waals surface area contributed by atoms with Gasteiger partial charge in [-0.3, -0.25) is 4.72 Å². The maximum absolute atomic E-state index is 13.1. The van der Waals surface area contributed by atoms with E-state index in [4.69, 9.17) is 9.68 Å². The van der Waals surface area contributed by atoms with Crippen LogP contribution in [0.25, 0.3) is 0 Å². The highest BCUT2D eigenvalue weighted by molar-refractivity contribution is 7.92. The summed E-state index contributed by atoms with van der Waals surface area (Å²) in [5.41, 5.74) is 1.82. The molecule has 2 aromatic carbocycles. The van der Waals surface area contributed by atoms with Crippen LogP contribution in [0.15, 0.2) is 62.6 Å². The topological polar surface area (TPSA) is 120 Å². The third-order valence-electron chi connectivity index (χ3n) is 6.99. The van der Waals surface area contributed by atoms with Crippen LogP contribution in [0.2, 0.25) is 0 Å². The Bertz CT molecular complexity index is 1450. The van der Waals surface area contributed by atoms with Crippen LogP contribution in [0.1, 0.15) is 85.8 Å². The lowest BCUT2D eigenvalue weighted by Gasteiger charge is -2.20. The molecule has 0 aliphatic heterocycles. The van der Waals surface area contributed by atoms with Crippen molar-refractivity contribution in [2.24, 2.45) is 0 Å². The molecule has 8 heteroatoms. The highest BCUT2D eigenvalue weighted by Crippen LogP contribution is 2.37. The lowest BCUT2D eigenvalue weighted by molar-refractivity contribution is 0.386. The molecular formula is C29H32N2O5S. The van der Waals surface area contributed by atoms with Crippen LogP contribution in [-0.2, 0) is 22.9 Å². The monoisotopic (exact) mass is 520 g/mol. The van der Waals surface area contributed by atoms with Gasteiger partial charge in [0.15, 0.2) is 0 Å². The molecule has 194 valence electrons. The lowest BCUT2D eigenvalue weighted by atomic mass is 9.87. The van der Waals surface area contributed by atoms with E-state index in [9.17, 15) is 18.3 Å². The predicted octanol–water partition coefficient (Wildman–Crippen LogP) is 6.00. The Balaban J connectivity index is 1.67. The first-order valence-electron chi connectivity index (χ1n) is 12.8. The van der Waals surface area contributed by atoms with Crippen molar-refractivity contribution in [2.45, 2.75) is 75.5 Å². The molecule has 0 fully saturated rings. The molecule has 0 saturated carbocycles. The van der Waals surface area contributed by atoms with Gasteiger partial charge in [-0.25, -0.2) is 13.2 Å². The number of nitrogens with zero attached hydrogens (tertiary/aromatic N) is 1. The third-order valence-corrected chi connectivity index (χ3v) is 8.38. The number of nitrogens with one attached hydrogen (secondary N) is 1. The summed E-state index contributed by atoms with van der Waals surface area (Å²) in [5.74, 6) is 0.144. The molecule has 1 atom stereocenters. The van der Waals surface area contributed by atoms with Crippen LogP contribution in [0, 0.1) is 11.3 Å². The molecule has 0 saturated heterocycles. The fraction of sp³-hybridized carbons (Fsp3) is 0.379. The Kier molecular flexibility index (Phi) is 8.34. The first-order chi connectivity index (χ1) is 17.8. The summed E-state index contributed by atoms with van der Waals surface area (Å²) in [4.78, 5) is 13.2. The summed E-state index contributed by atoms with van der Waals surface area (Å²) in [5, 5.41) is 20.3. The van der Waals surface area contributed by atoms with Crippen molar-refractivity contribution in [2.75, 3.05) is 4.72 Å². The average Bonchev–Trinajstić information content (AvgIpc) is 2.89. The van der Waals surface area contributed by atoms with Gasteiger partial charge < -0.3 is 9.52 Å². The molecule has 1 heterocycles. The maximum Gasteiger partial charge on any atom is 0.343 e. The van der Waals surface area contributed by atoms with Gasteiger partial charge in [-0.05, 0) is 67.6 Å². The second kappa shape index (κ2) is 11.7. The molecule has 2 N–H and O–H groups in total. The molecule has 0 bridgehead atoms. The van der Waals surface area contributed by atoms with Gasteiger partial charge in [0.05, 0.1) is 22.1 Å². The molecule has 1 unspecified atom stereocenters. The van der Waals surface area contributed by atoms with Gasteiger partial charge in [0, 0.05) is 23.6 Å². The quantitative estimate of drug-likeness (QED) is 0.411. The van der Waals surface area contributed by atoms with Crippen LogP contribution in [0.3, 0.4) is 0 Å². The number of benzene rings is 2. The fourth-order valence-corrected chi connectivity index (χ4v) is 6.08. The number of aryl methyl sites for hydroxylation is 1. The summed E-state index contributed by atoms with van der Waals surface area (Å²) in [7, 11) is -3.88. The van der Waals surface area contributed by atoms with Crippen LogP contribution in [0.5, 0.6) is 5.75 Å². The first kappa shape index (κ1) is 26.5. The minimum Gasteiger partial charge on any atom is -0.507 e. The second-order valence-electron chi connectivity index (χ2n) is 9.50. The number of hydrogen-bond donors (Lipinski definition) is 2. The summed E-state index contributed by atoms with van der Waals surface area (Å²) in [6.07, 6.45) is 8.17. The van der Waals surface area contributed by atoms with Gasteiger partial charge >= 0.3 is 5.63 Å². The number of hydrogen-bond acceptors (Lipinski definition) is 6. The van der Waals surface area contributed by atoms with Crippen molar-refractivity contribution in [3.8, 4) is 11.8 Å². The average molecular weight is 521 g/mol. The van der Waals surface area contributed by atoms with Gasteiger partial charge in [0.25, 0.3) is 10.0 Å². The van der Waals surface area contributed by atoms with Gasteiger partial charge in [-0.1, -0.05) is 44.7 Å². The molecule has 37 heavy (non-hydrogen) atoms. The van der Waals surface area contributed by atoms with Gasteiger partial charge in [0.1, 0.15) is 11.5 Å². The van der Waals surface area contributed by atoms with E-state index in [0.717, 1.165) is 31.2 Å². The summed E-state index contributed by atoms with van der Waals surface area (Å²) < 4.78 is 34.2. The zero-order valence-corrected chi connectivity index (χ0v) is 21.8. The smallest absolute Gasteiger partial charge is 0.343 e. The van der Waals surface area contributed by atoms with Crippen molar-refractivity contribution in [3.63, 3.8) is 0 Å². The van der Waals surface area contributed by atoms with E-state index in [0.29, 0.717) is 41.8 Å². The molecule has 1 aromatic heterocycles. The van der Waals surface area contributed by atoms with Crippen LogP contribution in [-0.4, -0.2) is 13.5 Å². The Hall–Kier alpha value is -3.57. The van der Waals surface area contributed by atoms with Gasteiger partial charge in [-0.2, -0.15) is 5.26 Å². The zero-order chi connectivity index (χ0) is 26.4. The molecule has 7 nitrogen and oxygen atoms in total. The molecule has 0 spiro atoms. The normalized spacial score (nSPS) is 15.2. The summed E-state index contributed by atoms with van der Waals surface area (Å²) in [6, 6.07) is 14.5. The standard InChI is InChI=1S/C29H32N2O5S/c1-2-24(27-28(32)25-12-7-5-3-4-6-8-13-26(25)36-29(27)33)21-10-9-11-22(18-21)31-37(34,35)23-16-14-20(19-30)15-17-23/h9-11,14-18,24,31-32H,2-8,12-13H2,1H3. The van der Waals surface area contributed by atoms with Crippen LogP contribution in [0.4, 0.5) is 5.69 Å². The van der Waals surface area contributed by atoms with E-state index in [2.05, 4.69) is 4.72 Å². The third kappa shape index (κ3) is 6.05. The van der Waals surface area contributed by atoms with Crippen molar-refractivity contribution in [1.29, 1.82) is 5.26 Å². The van der Waals surface area contributed by atoms with Gasteiger partial charge in [-0.15, -0.1) is 0 Å². The van der Waals surface area contributed by atoms with Crippen molar-refractivity contribution < 1.29 is 17.9 Å². The van der Waals surface area contributed by atoms with Crippen molar-refractivity contribution >= 4 is 15.7 Å². The van der Waals surface area contributed by atoms with Crippen molar-refractivity contribution in [3.05, 3.63) is 87.0 Å². The van der Waals surface area contributed by atoms with Crippen molar-refractivity contribution in [1.82, 2.24) is 0 Å².